The Morgan fingerprint density at radius 2 is 1.90 bits per heavy atom. The molecule has 0 aliphatic rings. The molecule has 0 radical (unpaired) electrons. The number of anilines is 1. The van der Waals surface area contributed by atoms with Crippen LogP contribution in [-0.2, 0) is 4.79 Å². The van der Waals surface area contributed by atoms with Crippen LogP contribution >= 0.6 is 23.4 Å². The summed E-state index contributed by atoms with van der Waals surface area (Å²) >= 11 is 7.28. The largest absolute Gasteiger partial charge is 0.323 e. The van der Waals surface area contributed by atoms with Gasteiger partial charge < -0.3 is 5.32 Å². The summed E-state index contributed by atoms with van der Waals surface area (Å²) < 4.78 is 13.6. The Kier molecular flexibility index (Phi) is 5.65. The van der Waals surface area contributed by atoms with Crippen LogP contribution in [0.3, 0.4) is 0 Å². The van der Waals surface area contributed by atoms with Crippen LogP contribution in [0.1, 0.15) is 13.3 Å². The molecule has 0 aliphatic heterocycles. The van der Waals surface area contributed by atoms with Gasteiger partial charge in [0, 0.05) is 9.92 Å². The van der Waals surface area contributed by atoms with Gasteiger partial charge in [-0.1, -0.05) is 30.7 Å². The Labute approximate surface area is 132 Å². The van der Waals surface area contributed by atoms with Crippen LogP contribution in [0, 0.1) is 5.82 Å². The van der Waals surface area contributed by atoms with E-state index in [2.05, 4.69) is 5.32 Å². The molecule has 0 saturated carbocycles. The molecule has 2 aromatic rings. The molecule has 2 rings (SSSR count). The second-order valence-electron chi connectivity index (χ2n) is 4.44. The SMILES string of the molecule is CC[C@@H](Sc1ccc(Cl)cc1)C(=O)Nc1ccccc1F. The van der Waals surface area contributed by atoms with E-state index in [-0.39, 0.29) is 16.8 Å². The fourth-order valence-electron chi connectivity index (χ4n) is 1.78. The maximum Gasteiger partial charge on any atom is 0.237 e. The molecule has 0 saturated heterocycles. The van der Waals surface area contributed by atoms with Gasteiger partial charge >= 0.3 is 0 Å². The second-order valence-corrected chi connectivity index (χ2v) is 6.15. The number of carbonyl (C=O) groups is 1. The molecule has 0 heterocycles. The lowest BCUT2D eigenvalue weighted by Gasteiger charge is -2.15. The normalized spacial score (nSPS) is 12.0. The number of hydrogen-bond acceptors (Lipinski definition) is 2. The minimum absolute atomic E-state index is 0.206. The standard InChI is InChI=1S/C16H15ClFNOS/c1-2-15(21-12-9-7-11(17)8-10-12)16(20)19-14-6-4-3-5-13(14)18/h3-10,15H,2H2,1H3,(H,19,20)/t15-/m1/s1. The number of halogens is 2. The van der Waals surface area contributed by atoms with Gasteiger partial charge in [0.2, 0.25) is 5.91 Å². The molecule has 0 fully saturated rings. The molecule has 1 atom stereocenters. The summed E-state index contributed by atoms with van der Waals surface area (Å²) in [5.41, 5.74) is 0.206. The van der Waals surface area contributed by atoms with Crippen molar-refractivity contribution in [2.75, 3.05) is 5.32 Å². The maximum absolute atomic E-state index is 13.6. The summed E-state index contributed by atoms with van der Waals surface area (Å²) in [6.45, 7) is 1.93. The third kappa shape index (κ3) is 4.48. The number of para-hydroxylation sites is 1. The number of nitrogens with one attached hydrogen (secondary N) is 1. The van der Waals surface area contributed by atoms with Crippen LogP contribution in [0.15, 0.2) is 53.4 Å². The van der Waals surface area contributed by atoms with Gasteiger partial charge in [0.1, 0.15) is 5.82 Å². The molecule has 0 unspecified atom stereocenters. The van der Waals surface area contributed by atoms with Gasteiger partial charge in [0.05, 0.1) is 10.9 Å². The quantitative estimate of drug-likeness (QED) is 0.785. The fourth-order valence-corrected chi connectivity index (χ4v) is 2.86. The van der Waals surface area contributed by atoms with Gasteiger partial charge in [-0.25, -0.2) is 4.39 Å². The Morgan fingerprint density at radius 3 is 2.52 bits per heavy atom. The van der Waals surface area contributed by atoms with Crippen LogP contribution in [0.5, 0.6) is 0 Å². The van der Waals surface area contributed by atoms with Crippen LogP contribution < -0.4 is 5.32 Å². The third-order valence-electron chi connectivity index (χ3n) is 2.89. The highest BCUT2D eigenvalue weighted by Gasteiger charge is 2.19. The first-order chi connectivity index (χ1) is 10.1. The van der Waals surface area contributed by atoms with E-state index >= 15 is 0 Å². The zero-order valence-corrected chi connectivity index (χ0v) is 13.0. The summed E-state index contributed by atoms with van der Waals surface area (Å²) in [5.74, 6) is -0.639. The number of carbonyl (C=O) groups excluding carboxylic acids is 1. The number of thioether (sulfide) groups is 1. The zero-order valence-electron chi connectivity index (χ0n) is 11.5. The topological polar surface area (TPSA) is 29.1 Å². The van der Waals surface area contributed by atoms with Gasteiger partial charge in [-0.05, 0) is 42.8 Å². The number of hydrogen-bond donors (Lipinski definition) is 1. The average molecular weight is 324 g/mol. The summed E-state index contributed by atoms with van der Waals surface area (Å²) in [5, 5.41) is 3.00. The van der Waals surface area contributed by atoms with Gasteiger partial charge in [0.15, 0.2) is 0 Å². The number of amides is 1. The van der Waals surface area contributed by atoms with E-state index in [0.29, 0.717) is 11.4 Å². The minimum Gasteiger partial charge on any atom is -0.323 e. The minimum atomic E-state index is -0.433. The first-order valence-corrected chi connectivity index (χ1v) is 7.83. The summed E-state index contributed by atoms with van der Waals surface area (Å²) in [7, 11) is 0. The smallest absolute Gasteiger partial charge is 0.237 e. The second kappa shape index (κ2) is 7.48. The molecule has 0 aromatic heterocycles. The van der Waals surface area contributed by atoms with E-state index in [1.165, 1.54) is 17.8 Å². The van der Waals surface area contributed by atoms with Crippen molar-refractivity contribution in [3.05, 3.63) is 59.4 Å². The Hall–Kier alpha value is -1.52. The van der Waals surface area contributed by atoms with E-state index in [1.54, 1.807) is 30.3 Å². The highest BCUT2D eigenvalue weighted by molar-refractivity contribution is 8.00. The number of rotatable bonds is 5. The van der Waals surface area contributed by atoms with E-state index in [1.807, 2.05) is 19.1 Å². The molecule has 5 heteroatoms. The van der Waals surface area contributed by atoms with Crippen molar-refractivity contribution in [1.29, 1.82) is 0 Å². The Bertz CT molecular complexity index is 618. The molecular weight excluding hydrogens is 309 g/mol. The van der Waals surface area contributed by atoms with E-state index in [4.69, 9.17) is 11.6 Å². The Balaban J connectivity index is 2.05. The molecule has 1 N–H and O–H groups in total. The zero-order chi connectivity index (χ0) is 15.2. The molecule has 1 amide bonds. The number of benzene rings is 2. The maximum atomic E-state index is 13.6. The first-order valence-electron chi connectivity index (χ1n) is 6.57. The van der Waals surface area contributed by atoms with Crippen molar-refractivity contribution in [3.8, 4) is 0 Å². The van der Waals surface area contributed by atoms with Crippen LogP contribution in [0.25, 0.3) is 0 Å². The first kappa shape index (κ1) is 15.9. The van der Waals surface area contributed by atoms with Gasteiger partial charge in [-0.15, -0.1) is 11.8 Å². The lowest BCUT2D eigenvalue weighted by atomic mass is 10.2. The van der Waals surface area contributed by atoms with Crippen molar-refractivity contribution in [3.63, 3.8) is 0 Å². The lowest BCUT2D eigenvalue weighted by Crippen LogP contribution is -2.25. The molecule has 0 bridgehead atoms. The predicted molar refractivity (Wildman–Crippen MR) is 86.4 cm³/mol. The molecule has 2 nitrogen and oxygen atoms in total. The average Bonchev–Trinajstić information content (AvgIpc) is 2.49. The van der Waals surface area contributed by atoms with Crippen LogP contribution in [0.4, 0.5) is 10.1 Å². The summed E-state index contributed by atoms with van der Waals surface area (Å²) in [6, 6.07) is 13.4. The predicted octanol–water partition coefficient (Wildman–Crippen LogP) is 4.99. The summed E-state index contributed by atoms with van der Waals surface area (Å²) in [6.07, 6.45) is 0.646. The lowest BCUT2D eigenvalue weighted by molar-refractivity contribution is -0.115. The van der Waals surface area contributed by atoms with Crippen molar-refractivity contribution < 1.29 is 9.18 Å². The van der Waals surface area contributed by atoms with Gasteiger partial charge in [-0.3, -0.25) is 4.79 Å². The van der Waals surface area contributed by atoms with Gasteiger partial charge in [-0.2, -0.15) is 0 Å². The molecule has 110 valence electrons. The molecule has 2 aromatic carbocycles. The van der Waals surface area contributed by atoms with Gasteiger partial charge in [0.25, 0.3) is 0 Å². The van der Waals surface area contributed by atoms with E-state index in [9.17, 15) is 9.18 Å². The van der Waals surface area contributed by atoms with Crippen molar-refractivity contribution in [2.24, 2.45) is 0 Å². The van der Waals surface area contributed by atoms with Crippen LogP contribution in [-0.4, -0.2) is 11.2 Å². The van der Waals surface area contributed by atoms with Crippen molar-refractivity contribution in [2.45, 2.75) is 23.5 Å². The molecular formula is C16H15ClFNOS. The Morgan fingerprint density at radius 1 is 1.24 bits per heavy atom. The highest BCUT2D eigenvalue weighted by Crippen LogP contribution is 2.27. The highest BCUT2D eigenvalue weighted by atomic mass is 35.5. The van der Waals surface area contributed by atoms with E-state index < -0.39 is 5.82 Å². The third-order valence-corrected chi connectivity index (χ3v) is 4.52. The van der Waals surface area contributed by atoms with Crippen molar-refractivity contribution in [1.82, 2.24) is 0 Å². The molecule has 0 aliphatic carbocycles. The molecule has 21 heavy (non-hydrogen) atoms. The fraction of sp³-hybridized carbons (Fsp3) is 0.188. The summed E-state index contributed by atoms with van der Waals surface area (Å²) in [4.78, 5) is 13.2. The van der Waals surface area contributed by atoms with Crippen LogP contribution in [0.2, 0.25) is 5.02 Å². The van der Waals surface area contributed by atoms with E-state index in [0.717, 1.165) is 4.90 Å². The van der Waals surface area contributed by atoms with Crippen molar-refractivity contribution >= 4 is 35.0 Å². The molecule has 0 spiro atoms. The monoisotopic (exact) mass is 323 g/mol.